The molecule has 8 nitrogen and oxygen atoms in total. The SMILES string of the molecule is N[S@](=O)(=NC(=O)Nc1c2c(nc(C3CC3)c1C1CC1)CCC2)c1ccn(C(F)F)n1. The average molecular weight is 436 g/mol. The van der Waals surface area contributed by atoms with Crippen molar-refractivity contribution in [2.45, 2.75) is 68.4 Å². The molecule has 2 amide bonds. The Morgan fingerprint density at radius 1 is 1.27 bits per heavy atom. The van der Waals surface area contributed by atoms with Crippen LogP contribution < -0.4 is 10.5 Å². The second kappa shape index (κ2) is 7.09. The molecule has 3 aliphatic carbocycles. The van der Waals surface area contributed by atoms with Crippen molar-refractivity contribution in [3.8, 4) is 0 Å². The smallest absolute Gasteiger partial charge is 0.305 e. The van der Waals surface area contributed by atoms with E-state index in [0.29, 0.717) is 16.5 Å². The van der Waals surface area contributed by atoms with E-state index < -0.39 is 22.5 Å². The summed E-state index contributed by atoms with van der Waals surface area (Å²) in [5, 5.41) is 11.6. The van der Waals surface area contributed by atoms with Gasteiger partial charge in [-0.15, -0.1) is 4.36 Å². The van der Waals surface area contributed by atoms with Crippen LogP contribution in [0.1, 0.15) is 73.0 Å². The maximum absolute atomic E-state index is 12.7. The van der Waals surface area contributed by atoms with Crippen molar-refractivity contribution in [1.29, 1.82) is 0 Å². The summed E-state index contributed by atoms with van der Waals surface area (Å²) < 4.78 is 42.1. The highest BCUT2D eigenvalue weighted by molar-refractivity contribution is 7.91. The zero-order valence-electron chi connectivity index (χ0n) is 16.2. The number of nitrogens with two attached hydrogens (primary N) is 1. The van der Waals surface area contributed by atoms with Crippen molar-refractivity contribution in [3.05, 3.63) is 34.8 Å². The van der Waals surface area contributed by atoms with E-state index in [-0.39, 0.29) is 5.03 Å². The Balaban J connectivity index is 1.50. The normalized spacial score (nSPS) is 20.1. The highest BCUT2D eigenvalue weighted by Crippen LogP contribution is 2.52. The third-order valence-electron chi connectivity index (χ3n) is 5.77. The highest BCUT2D eigenvalue weighted by Gasteiger charge is 2.38. The number of halogens is 2. The Morgan fingerprint density at radius 3 is 2.63 bits per heavy atom. The van der Waals surface area contributed by atoms with E-state index in [9.17, 15) is 17.8 Å². The molecule has 30 heavy (non-hydrogen) atoms. The van der Waals surface area contributed by atoms with Crippen molar-refractivity contribution in [2.24, 2.45) is 9.50 Å². The molecule has 5 rings (SSSR count). The molecule has 2 fully saturated rings. The van der Waals surface area contributed by atoms with Gasteiger partial charge in [-0.1, -0.05) is 0 Å². The molecule has 2 aromatic rings. The predicted octanol–water partition coefficient (Wildman–Crippen LogP) is 3.85. The fourth-order valence-electron chi connectivity index (χ4n) is 4.10. The number of pyridine rings is 1. The summed E-state index contributed by atoms with van der Waals surface area (Å²) in [5.41, 5.74) is 4.95. The maximum Gasteiger partial charge on any atom is 0.354 e. The molecule has 2 heterocycles. The van der Waals surface area contributed by atoms with E-state index in [0.717, 1.165) is 85.4 Å². The molecule has 0 aliphatic heterocycles. The molecule has 2 saturated carbocycles. The van der Waals surface area contributed by atoms with E-state index >= 15 is 0 Å². The monoisotopic (exact) mass is 436 g/mol. The van der Waals surface area contributed by atoms with Gasteiger partial charge in [0.05, 0.1) is 5.69 Å². The number of hydrogen-bond acceptors (Lipinski definition) is 4. The van der Waals surface area contributed by atoms with Gasteiger partial charge in [0, 0.05) is 29.1 Å². The number of nitrogens with zero attached hydrogens (tertiary/aromatic N) is 4. The van der Waals surface area contributed by atoms with Crippen LogP contribution in [0.3, 0.4) is 0 Å². The van der Waals surface area contributed by atoms with Crippen molar-refractivity contribution < 1.29 is 17.8 Å². The largest absolute Gasteiger partial charge is 0.354 e. The standard InChI is InChI=1S/C19H22F2N6O2S/c20-18(21)27-9-8-14(25-27)30(22,29)26-19(28)24-17-12-2-1-3-13(12)23-16(11-6-7-11)15(17)10-4-5-10/h8-11,18H,1-7H2,(H3,22,23,24,26,28,29)/t30-/m0/s1. The van der Waals surface area contributed by atoms with Gasteiger partial charge in [0.25, 0.3) is 0 Å². The van der Waals surface area contributed by atoms with E-state index in [1.54, 1.807) is 0 Å². The first-order valence-corrected chi connectivity index (χ1v) is 11.7. The number of amides is 2. The predicted molar refractivity (Wildman–Crippen MR) is 106 cm³/mol. The molecular formula is C19H22F2N6O2S. The molecule has 0 spiro atoms. The molecule has 0 saturated heterocycles. The van der Waals surface area contributed by atoms with Crippen LogP contribution in [0.5, 0.6) is 0 Å². The number of urea groups is 1. The molecule has 0 radical (unpaired) electrons. The number of aryl methyl sites for hydroxylation is 1. The van der Waals surface area contributed by atoms with Gasteiger partial charge in [-0.25, -0.2) is 18.8 Å². The van der Waals surface area contributed by atoms with Crippen molar-refractivity contribution in [1.82, 2.24) is 14.8 Å². The molecule has 3 N–H and O–H groups in total. The van der Waals surface area contributed by atoms with Crippen LogP contribution in [-0.2, 0) is 22.8 Å². The summed E-state index contributed by atoms with van der Waals surface area (Å²) in [6.45, 7) is -2.90. The zero-order valence-corrected chi connectivity index (χ0v) is 17.0. The summed E-state index contributed by atoms with van der Waals surface area (Å²) in [6, 6.07) is 0.217. The summed E-state index contributed by atoms with van der Waals surface area (Å²) >= 11 is 0. The van der Waals surface area contributed by atoms with Crippen molar-refractivity contribution >= 4 is 21.6 Å². The van der Waals surface area contributed by atoms with Crippen molar-refractivity contribution in [3.63, 3.8) is 0 Å². The van der Waals surface area contributed by atoms with Crippen LogP contribution in [0, 0.1) is 0 Å². The van der Waals surface area contributed by atoms with Crippen LogP contribution in [0.2, 0.25) is 0 Å². The molecular weight excluding hydrogens is 414 g/mol. The Morgan fingerprint density at radius 2 is 2.00 bits per heavy atom. The van der Waals surface area contributed by atoms with Gasteiger partial charge in [-0.2, -0.15) is 13.9 Å². The lowest BCUT2D eigenvalue weighted by Gasteiger charge is -2.18. The van der Waals surface area contributed by atoms with Gasteiger partial charge in [0.1, 0.15) is 0 Å². The zero-order chi connectivity index (χ0) is 21.0. The first-order valence-electron chi connectivity index (χ1n) is 10.1. The van der Waals surface area contributed by atoms with Gasteiger partial charge in [0.2, 0.25) is 0 Å². The van der Waals surface area contributed by atoms with Crippen molar-refractivity contribution in [2.75, 3.05) is 5.32 Å². The fraction of sp³-hybridized carbons (Fsp3) is 0.526. The molecule has 0 unspecified atom stereocenters. The van der Waals surface area contributed by atoms with Crippen LogP contribution in [0.15, 0.2) is 21.7 Å². The summed E-state index contributed by atoms with van der Waals surface area (Å²) in [6.07, 6.45) is 7.93. The Hall–Kier alpha value is -2.40. The van der Waals surface area contributed by atoms with Gasteiger partial charge in [-0.3, -0.25) is 4.98 Å². The number of hydrogen-bond donors (Lipinski definition) is 2. The molecule has 3 aliphatic rings. The Labute approximate surface area is 172 Å². The highest BCUT2D eigenvalue weighted by atomic mass is 32.2. The number of alkyl halides is 2. The van der Waals surface area contributed by atoms with E-state index in [4.69, 9.17) is 10.1 Å². The first kappa shape index (κ1) is 19.6. The van der Waals surface area contributed by atoms with Crippen LogP contribution >= 0.6 is 0 Å². The van der Waals surface area contributed by atoms with Gasteiger partial charge < -0.3 is 5.32 Å². The van der Waals surface area contributed by atoms with Gasteiger partial charge in [-0.05, 0) is 62.5 Å². The summed E-state index contributed by atoms with van der Waals surface area (Å²) in [7, 11) is -3.76. The number of nitrogens with one attached hydrogen (secondary N) is 1. The maximum atomic E-state index is 12.7. The van der Waals surface area contributed by atoms with Gasteiger partial charge in [0.15, 0.2) is 14.9 Å². The van der Waals surface area contributed by atoms with E-state index in [1.807, 2.05) is 0 Å². The minimum atomic E-state index is -3.76. The number of aromatic nitrogens is 3. The third kappa shape index (κ3) is 3.60. The number of fused-ring (bicyclic) bond motifs is 1. The van der Waals surface area contributed by atoms with E-state index in [2.05, 4.69) is 14.8 Å². The topological polar surface area (TPSA) is 115 Å². The van der Waals surface area contributed by atoms with Gasteiger partial charge >= 0.3 is 12.6 Å². The number of anilines is 1. The Bertz CT molecular complexity index is 1150. The third-order valence-corrected chi connectivity index (χ3v) is 7.03. The lowest BCUT2D eigenvalue weighted by molar-refractivity contribution is 0.0554. The second-order valence-electron chi connectivity index (χ2n) is 8.11. The van der Waals surface area contributed by atoms with Crippen LogP contribution in [-0.4, -0.2) is 25.0 Å². The van der Waals surface area contributed by atoms with E-state index in [1.165, 1.54) is 0 Å². The number of carbonyl (C=O) groups excluding carboxylic acids is 1. The lowest BCUT2D eigenvalue weighted by Crippen LogP contribution is -2.20. The lowest BCUT2D eigenvalue weighted by atomic mass is 9.98. The minimum Gasteiger partial charge on any atom is -0.305 e. The summed E-state index contributed by atoms with van der Waals surface area (Å²) in [4.78, 5) is 17.6. The number of carbonyl (C=O) groups is 1. The van der Waals surface area contributed by atoms with Crippen LogP contribution in [0.4, 0.5) is 19.3 Å². The first-order chi connectivity index (χ1) is 14.3. The molecule has 0 aromatic carbocycles. The summed E-state index contributed by atoms with van der Waals surface area (Å²) in [5.74, 6) is 0.814. The second-order valence-corrected chi connectivity index (χ2v) is 9.85. The number of rotatable bonds is 5. The average Bonchev–Trinajstić information content (AvgIpc) is 3.59. The van der Waals surface area contributed by atoms with Crippen LogP contribution in [0.25, 0.3) is 0 Å². The Kier molecular flexibility index (Phi) is 4.62. The fourth-order valence-corrected chi connectivity index (χ4v) is 4.95. The quantitative estimate of drug-likeness (QED) is 0.741. The molecule has 160 valence electrons. The molecule has 1 atom stereocenters. The molecule has 0 bridgehead atoms. The minimum absolute atomic E-state index is 0.318. The molecule has 11 heteroatoms. The molecule has 2 aromatic heterocycles.